The molecular weight excluding hydrogens is 192 g/mol. The Labute approximate surface area is 89.5 Å². The molecule has 15 heavy (non-hydrogen) atoms. The Bertz CT molecular complexity index is 318. The summed E-state index contributed by atoms with van der Waals surface area (Å²) in [6.07, 6.45) is 1.31. The van der Waals surface area contributed by atoms with Crippen molar-refractivity contribution >= 4 is 5.91 Å². The van der Waals surface area contributed by atoms with E-state index in [1.54, 1.807) is 11.8 Å². The van der Waals surface area contributed by atoms with Crippen molar-refractivity contribution in [3.63, 3.8) is 0 Å². The zero-order valence-corrected chi connectivity index (χ0v) is 9.03. The number of piperazine rings is 1. The Morgan fingerprint density at radius 2 is 2.40 bits per heavy atom. The zero-order valence-electron chi connectivity index (χ0n) is 9.03. The van der Waals surface area contributed by atoms with E-state index in [0.29, 0.717) is 13.1 Å². The minimum atomic E-state index is -0.232. The van der Waals surface area contributed by atoms with Gasteiger partial charge in [0.15, 0.2) is 0 Å². The van der Waals surface area contributed by atoms with E-state index in [1.807, 2.05) is 13.0 Å². The standard InChI is InChI=1S/C10H16N4O/c1-3-8(6-11)10(15)14-5-4-13-9(12)7(14)2/h3,7,9,13H,4-5,12H2,1-2H3/b8-3+. The van der Waals surface area contributed by atoms with Crippen molar-refractivity contribution in [3.05, 3.63) is 11.6 Å². The van der Waals surface area contributed by atoms with Crippen LogP contribution < -0.4 is 11.1 Å². The van der Waals surface area contributed by atoms with Crippen LogP contribution in [0.25, 0.3) is 0 Å². The zero-order chi connectivity index (χ0) is 11.4. The number of rotatable bonds is 1. The number of amides is 1. The number of carbonyl (C=O) groups is 1. The maximum Gasteiger partial charge on any atom is 0.264 e. The number of nitriles is 1. The summed E-state index contributed by atoms with van der Waals surface area (Å²) in [5, 5.41) is 11.8. The van der Waals surface area contributed by atoms with Crippen molar-refractivity contribution in [2.75, 3.05) is 13.1 Å². The van der Waals surface area contributed by atoms with Crippen LogP contribution in [0, 0.1) is 11.3 Å². The summed E-state index contributed by atoms with van der Waals surface area (Å²) in [5.41, 5.74) is 5.96. The molecule has 0 aliphatic carbocycles. The summed E-state index contributed by atoms with van der Waals surface area (Å²) >= 11 is 0. The van der Waals surface area contributed by atoms with Crippen LogP contribution in [0.1, 0.15) is 13.8 Å². The smallest absolute Gasteiger partial charge is 0.264 e. The summed E-state index contributed by atoms with van der Waals surface area (Å²) in [6, 6.07) is 1.80. The molecule has 5 nitrogen and oxygen atoms in total. The molecule has 1 fully saturated rings. The van der Waals surface area contributed by atoms with Gasteiger partial charge < -0.3 is 10.6 Å². The molecule has 0 aromatic heterocycles. The first kappa shape index (κ1) is 11.7. The molecule has 2 atom stereocenters. The fourth-order valence-electron chi connectivity index (χ4n) is 1.60. The van der Waals surface area contributed by atoms with Gasteiger partial charge in [-0.15, -0.1) is 0 Å². The normalized spacial score (nSPS) is 27.3. The first-order valence-corrected chi connectivity index (χ1v) is 4.98. The van der Waals surface area contributed by atoms with Gasteiger partial charge in [-0.1, -0.05) is 6.08 Å². The van der Waals surface area contributed by atoms with Crippen molar-refractivity contribution in [3.8, 4) is 6.07 Å². The van der Waals surface area contributed by atoms with E-state index in [1.165, 1.54) is 6.08 Å². The average Bonchev–Trinajstić information content (AvgIpc) is 2.23. The highest BCUT2D eigenvalue weighted by Crippen LogP contribution is 2.10. The summed E-state index contributed by atoms with van der Waals surface area (Å²) in [7, 11) is 0. The van der Waals surface area contributed by atoms with Crippen molar-refractivity contribution in [2.45, 2.75) is 26.1 Å². The second-order valence-corrected chi connectivity index (χ2v) is 3.53. The summed E-state index contributed by atoms with van der Waals surface area (Å²) < 4.78 is 0. The van der Waals surface area contributed by atoms with Crippen LogP contribution in [0.15, 0.2) is 11.6 Å². The number of carbonyl (C=O) groups excluding carboxylic acids is 1. The van der Waals surface area contributed by atoms with Gasteiger partial charge in [0.25, 0.3) is 5.91 Å². The molecule has 0 bridgehead atoms. The van der Waals surface area contributed by atoms with Gasteiger partial charge in [0.05, 0.1) is 12.2 Å². The molecule has 1 saturated heterocycles. The lowest BCUT2D eigenvalue weighted by atomic mass is 10.1. The molecule has 0 aromatic carbocycles. The Hall–Kier alpha value is -1.38. The Kier molecular flexibility index (Phi) is 3.83. The third kappa shape index (κ3) is 2.35. The second-order valence-electron chi connectivity index (χ2n) is 3.53. The summed E-state index contributed by atoms with van der Waals surface area (Å²) in [5.74, 6) is -0.232. The van der Waals surface area contributed by atoms with E-state index in [4.69, 9.17) is 11.0 Å². The molecule has 1 rings (SSSR count). The Balaban J connectivity index is 2.80. The second kappa shape index (κ2) is 4.91. The molecule has 0 aromatic rings. The first-order valence-electron chi connectivity index (χ1n) is 4.98. The lowest BCUT2D eigenvalue weighted by molar-refractivity contribution is -0.130. The highest BCUT2D eigenvalue weighted by molar-refractivity contribution is 5.97. The van der Waals surface area contributed by atoms with Gasteiger partial charge in [0.2, 0.25) is 0 Å². The van der Waals surface area contributed by atoms with Crippen LogP contribution in [-0.4, -0.2) is 36.1 Å². The molecule has 1 aliphatic heterocycles. The first-order chi connectivity index (χ1) is 7.11. The van der Waals surface area contributed by atoms with Gasteiger partial charge in [-0.05, 0) is 13.8 Å². The predicted octanol–water partition coefficient (Wildman–Crippen LogP) is -0.439. The fraction of sp³-hybridized carbons (Fsp3) is 0.600. The van der Waals surface area contributed by atoms with E-state index in [2.05, 4.69) is 5.32 Å². The monoisotopic (exact) mass is 208 g/mol. The average molecular weight is 208 g/mol. The molecule has 1 heterocycles. The molecule has 0 saturated carbocycles. The number of nitrogens with zero attached hydrogens (tertiary/aromatic N) is 2. The minimum absolute atomic E-state index is 0.0884. The van der Waals surface area contributed by atoms with Crippen molar-refractivity contribution in [2.24, 2.45) is 5.73 Å². The molecular formula is C10H16N4O. The van der Waals surface area contributed by atoms with Crippen molar-refractivity contribution < 1.29 is 4.79 Å². The third-order valence-corrected chi connectivity index (χ3v) is 2.64. The molecule has 0 spiro atoms. The van der Waals surface area contributed by atoms with E-state index in [0.717, 1.165) is 0 Å². The number of hydrogen-bond donors (Lipinski definition) is 2. The summed E-state index contributed by atoms with van der Waals surface area (Å²) in [6.45, 7) is 4.81. The van der Waals surface area contributed by atoms with Gasteiger partial charge in [-0.3, -0.25) is 10.1 Å². The van der Waals surface area contributed by atoms with Gasteiger partial charge in [0, 0.05) is 13.1 Å². The lowest BCUT2D eigenvalue weighted by Gasteiger charge is -2.38. The fourth-order valence-corrected chi connectivity index (χ4v) is 1.60. The van der Waals surface area contributed by atoms with Crippen LogP contribution in [0.3, 0.4) is 0 Å². The topological polar surface area (TPSA) is 82.2 Å². The highest BCUT2D eigenvalue weighted by atomic mass is 16.2. The molecule has 1 amide bonds. The largest absolute Gasteiger partial charge is 0.331 e. The van der Waals surface area contributed by atoms with Crippen LogP contribution >= 0.6 is 0 Å². The van der Waals surface area contributed by atoms with Crippen molar-refractivity contribution in [1.29, 1.82) is 5.26 Å². The van der Waals surface area contributed by atoms with Crippen LogP contribution in [0.5, 0.6) is 0 Å². The summed E-state index contributed by atoms with van der Waals surface area (Å²) in [4.78, 5) is 13.5. The maximum absolute atomic E-state index is 11.9. The molecule has 0 radical (unpaired) electrons. The van der Waals surface area contributed by atoms with Crippen LogP contribution in [-0.2, 0) is 4.79 Å². The molecule has 82 valence electrons. The van der Waals surface area contributed by atoms with Gasteiger partial charge in [0.1, 0.15) is 11.6 Å². The lowest BCUT2D eigenvalue weighted by Crippen LogP contribution is -2.62. The maximum atomic E-state index is 11.9. The van der Waals surface area contributed by atoms with Gasteiger partial charge in [-0.25, -0.2) is 0 Å². The van der Waals surface area contributed by atoms with E-state index >= 15 is 0 Å². The number of nitrogens with two attached hydrogens (primary N) is 1. The van der Waals surface area contributed by atoms with Crippen molar-refractivity contribution in [1.82, 2.24) is 10.2 Å². The van der Waals surface area contributed by atoms with E-state index in [9.17, 15) is 4.79 Å². The molecule has 3 N–H and O–H groups in total. The van der Waals surface area contributed by atoms with E-state index < -0.39 is 0 Å². The van der Waals surface area contributed by atoms with Gasteiger partial charge >= 0.3 is 0 Å². The van der Waals surface area contributed by atoms with Crippen LogP contribution in [0.2, 0.25) is 0 Å². The minimum Gasteiger partial charge on any atom is -0.331 e. The molecule has 1 aliphatic rings. The number of allylic oxidation sites excluding steroid dienone is 1. The predicted molar refractivity (Wildman–Crippen MR) is 56.5 cm³/mol. The molecule has 2 unspecified atom stereocenters. The highest BCUT2D eigenvalue weighted by Gasteiger charge is 2.29. The third-order valence-electron chi connectivity index (χ3n) is 2.64. The quantitative estimate of drug-likeness (QED) is 0.452. The number of hydrogen-bond acceptors (Lipinski definition) is 4. The molecule has 5 heteroatoms. The Morgan fingerprint density at radius 1 is 1.73 bits per heavy atom. The van der Waals surface area contributed by atoms with Gasteiger partial charge in [-0.2, -0.15) is 5.26 Å². The SMILES string of the molecule is C/C=C(\C#N)C(=O)N1CCNC(N)C1C. The van der Waals surface area contributed by atoms with E-state index in [-0.39, 0.29) is 23.7 Å². The van der Waals surface area contributed by atoms with Crippen LogP contribution in [0.4, 0.5) is 0 Å². The Morgan fingerprint density at radius 3 is 2.93 bits per heavy atom. The number of nitrogens with one attached hydrogen (secondary N) is 1.